The number of thioether (sulfide) groups is 1. The summed E-state index contributed by atoms with van der Waals surface area (Å²) >= 11 is 1.62. The van der Waals surface area contributed by atoms with E-state index in [2.05, 4.69) is 22.2 Å². The summed E-state index contributed by atoms with van der Waals surface area (Å²) in [5.41, 5.74) is 12.3. The lowest BCUT2D eigenvalue weighted by molar-refractivity contribution is -0.135. The zero-order chi connectivity index (χ0) is 35.9. The number of aliphatic hydroxyl groups is 1. The summed E-state index contributed by atoms with van der Waals surface area (Å²) in [7, 11) is 0. The summed E-state index contributed by atoms with van der Waals surface area (Å²) in [6, 6.07) is 17.1. The number of amidine groups is 1. The van der Waals surface area contributed by atoms with Crippen LogP contribution in [0.1, 0.15) is 58.9 Å². The van der Waals surface area contributed by atoms with Crippen molar-refractivity contribution < 1.29 is 29.0 Å². The molecule has 3 atom stereocenters. The van der Waals surface area contributed by atoms with Crippen molar-refractivity contribution in [3.05, 3.63) is 60.2 Å². The van der Waals surface area contributed by atoms with Gasteiger partial charge >= 0.3 is 0 Å². The van der Waals surface area contributed by atoms with Gasteiger partial charge < -0.3 is 31.5 Å². The summed E-state index contributed by atoms with van der Waals surface area (Å²) in [5.74, 6) is -0.0832. The van der Waals surface area contributed by atoms with Gasteiger partial charge in [0.15, 0.2) is 11.6 Å². The van der Waals surface area contributed by atoms with E-state index in [0.29, 0.717) is 25.4 Å². The average molecular weight is 685 g/mol. The first-order valence-electron chi connectivity index (χ1n) is 15.9. The van der Waals surface area contributed by atoms with Gasteiger partial charge in [-0.1, -0.05) is 49.4 Å². The van der Waals surface area contributed by atoms with Crippen LogP contribution in [0.2, 0.25) is 0 Å². The van der Waals surface area contributed by atoms with Crippen LogP contribution < -0.4 is 16.8 Å². The number of hydrogen-bond donors (Lipinski definition) is 4. The van der Waals surface area contributed by atoms with E-state index >= 15 is 0 Å². The van der Waals surface area contributed by atoms with E-state index < -0.39 is 18.1 Å². The average Bonchev–Trinajstić information content (AvgIpc) is 3.46. The number of rotatable bonds is 16. The van der Waals surface area contributed by atoms with Crippen molar-refractivity contribution in [1.29, 1.82) is 0 Å². The molecule has 0 radical (unpaired) electrons. The molecule has 0 saturated carbocycles. The number of primary amides is 1. The van der Waals surface area contributed by atoms with Gasteiger partial charge in [-0.3, -0.25) is 29.2 Å². The number of likely N-dealkylation sites (tertiary alicyclic amines) is 1. The highest BCUT2D eigenvalue weighted by Gasteiger charge is 2.37. The maximum atomic E-state index is 12.3. The van der Waals surface area contributed by atoms with E-state index in [1.165, 1.54) is 25.0 Å². The van der Waals surface area contributed by atoms with Crippen molar-refractivity contribution in [2.45, 2.75) is 83.1 Å². The number of benzene rings is 2. The molecule has 2 aromatic rings. The van der Waals surface area contributed by atoms with Gasteiger partial charge in [0, 0.05) is 44.3 Å². The fourth-order valence-corrected chi connectivity index (χ4v) is 5.16. The normalized spacial score (nSPS) is 16.4. The second kappa shape index (κ2) is 24.3. The van der Waals surface area contributed by atoms with Crippen LogP contribution in [0.25, 0.3) is 0 Å². The van der Waals surface area contributed by atoms with Crippen molar-refractivity contribution in [3.8, 4) is 0 Å². The topological polar surface area (TPSA) is 190 Å². The summed E-state index contributed by atoms with van der Waals surface area (Å²) in [4.78, 5) is 55.6. The summed E-state index contributed by atoms with van der Waals surface area (Å²) < 4.78 is 5.01. The number of nitrogens with two attached hydrogens (primary N) is 2. The number of nitrogens with zero attached hydrogens (tertiary/aromatic N) is 3. The van der Waals surface area contributed by atoms with Gasteiger partial charge in [-0.05, 0) is 50.1 Å². The minimum atomic E-state index is -0.604. The van der Waals surface area contributed by atoms with E-state index in [9.17, 15) is 24.3 Å². The zero-order valence-electron chi connectivity index (χ0n) is 28.8. The van der Waals surface area contributed by atoms with E-state index in [1.807, 2.05) is 60.9 Å². The van der Waals surface area contributed by atoms with Crippen LogP contribution in [0.4, 0.5) is 5.69 Å². The molecular formula is C35H52N6O6S. The smallest absolute Gasteiger partial charge is 0.243 e. The molecule has 0 unspecified atom stereocenters. The molecule has 2 aromatic carbocycles. The van der Waals surface area contributed by atoms with Gasteiger partial charge in [0.2, 0.25) is 11.8 Å². The van der Waals surface area contributed by atoms with E-state index in [-0.39, 0.29) is 43.2 Å². The van der Waals surface area contributed by atoms with Gasteiger partial charge in [0.1, 0.15) is 6.61 Å². The maximum absolute atomic E-state index is 12.3. The molecule has 1 aliphatic rings. The van der Waals surface area contributed by atoms with Gasteiger partial charge in [0.05, 0.1) is 43.0 Å². The number of carbonyl (C=O) groups is 4. The third kappa shape index (κ3) is 18.4. The number of aliphatic hydroxyl groups excluding tert-OH is 1. The third-order valence-electron chi connectivity index (χ3n) is 7.01. The number of ether oxygens (including phenoxy) is 1. The predicted octanol–water partition coefficient (Wildman–Crippen LogP) is 3.45. The number of ketones is 2. The standard InChI is InChI=1S/C16H30N4O3.C10H11NOS.C9H11NO2/c1-4-13(6-5-7-18-11(2)17)19-9-16(23)15-8-14(22)10-20(15)12(3)21;1-8(12)7-11-9-5-3-4-6-10(9)13-2;10-9(11)7-12-6-8-4-2-1-3-5-8/h13-15,19,22H,4-10H2,1-3H3,(H2,17,18);3-7H,1-2H3;1-5H,6-7H2,(H2,10,11)/t13-,14-,15+;;/m1../s1. The Morgan fingerprint density at radius 2 is 1.75 bits per heavy atom. The molecule has 1 aliphatic heterocycles. The Bertz CT molecular complexity index is 1340. The number of β-amino-alcohol motifs (C(OH)–C–C–N with tert-alkyl or cyclic N) is 1. The molecule has 0 spiro atoms. The van der Waals surface area contributed by atoms with Crippen LogP contribution in [-0.2, 0) is 30.5 Å². The number of Topliss-reactive ketones (excluding diaryl/α,β-unsaturated/α-hetero) is 2. The van der Waals surface area contributed by atoms with Crippen LogP contribution in [0.3, 0.4) is 0 Å². The molecule has 264 valence electrons. The van der Waals surface area contributed by atoms with Crippen molar-refractivity contribution in [1.82, 2.24) is 10.2 Å². The molecule has 0 aromatic heterocycles. The maximum Gasteiger partial charge on any atom is 0.243 e. The number of para-hydroxylation sites is 1. The number of hydrogen-bond acceptors (Lipinski definition) is 10. The van der Waals surface area contributed by atoms with Crippen molar-refractivity contribution >= 4 is 52.9 Å². The Hall–Kier alpha value is -3.91. The molecule has 1 saturated heterocycles. The lowest BCUT2D eigenvalue weighted by atomic mass is 10.1. The second-order valence-electron chi connectivity index (χ2n) is 11.2. The molecule has 3 rings (SSSR count). The van der Waals surface area contributed by atoms with Crippen LogP contribution >= 0.6 is 11.8 Å². The SMILES string of the molecule is CC[C@H](CCCN=C(C)N)NCC(=O)[C@@H]1C[C@@H](O)CN1C(C)=O.CSc1ccccc1N=CC(C)=O.NC(=O)COCc1ccccc1. The minimum Gasteiger partial charge on any atom is -0.391 e. The first-order chi connectivity index (χ1) is 22.9. The Labute approximate surface area is 288 Å². The molecule has 2 amide bonds. The first kappa shape index (κ1) is 42.1. The summed E-state index contributed by atoms with van der Waals surface area (Å²) in [5, 5.41) is 12.9. The Morgan fingerprint density at radius 3 is 2.33 bits per heavy atom. The van der Waals surface area contributed by atoms with Crippen LogP contribution in [-0.4, -0.2) is 96.1 Å². The number of amides is 2. The summed E-state index contributed by atoms with van der Waals surface area (Å²) in [6.45, 7) is 8.34. The predicted molar refractivity (Wildman–Crippen MR) is 193 cm³/mol. The molecule has 0 aliphatic carbocycles. The fourth-order valence-electron chi connectivity index (χ4n) is 4.61. The van der Waals surface area contributed by atoms with Crippen molar-refractivity contribution in [3.63, 3.8) is 0 Å². The third-order valence-corrected chi connectivity index (χ3v) is 7.80. The molecular weight excluding hydrogens is 632 g/mol. The van der Waals surface area contributed by atoms with Crippen LogP contribution in [0.15, 0.2) is 69.5 Å². The molecule has 1 heterocycles. The number of carbonyl (C=O) groups excluding carboxylic acids is 4. The molecule has 0 bridgehead atoms. The highest BCUT2D eigenvalue weighted by atomic mass is 32.2. The van der Waals surface area contributed by atoms with Gasteiger partial charge in [-0.2, -0.15) is 0 Å². The monoisotopic (exact) mass is 684 g/mol. The van der Waals surface area contributed by atoms with E-state index in [4.69, 9.17) is 16.2 Å². The highest BCUT2D eigenvalue weighted by molar-refractivity contribution is 7.98. The fraction of sp³-hybridized carbons (Fsp3) is 0.486. The summed E-state index contributed by atoms with van der Waals surface area (Å²) in [6.07, 6.45) is 5.81. The van der Waals surface area contributed by atoms with Crippen molar-refractivity contribution in [2.24, 2.45) is 21.5 Å². The molecule has 13 heteroatoms. The lowest BCUT2D eigenvalue weighted by Crippen LogP contribution is -2.44. The number of nitrogens with one attached hydrogen (secondary N) is 1. The Kier molecular flexibility index (Phi) is 21.3. The largest absolute Gasteiger partial charge is 0.391 e. The Morgan fingerprint density at radius 1 is 1.08 bits per heavy atom. The molecule has 48 heavy (non-hydrogen) atoms. The Balaban J connectivity index is 0.000000390. The van der Waals surface area contributed by atoms with Crippen molar-refractivity contribution in [2.75, 3.05) is 32.5 Å². The van der Waals surface area contributed by atoms with Crippen LogP contribution in [0.5, 0.6) is 0 Å². The van der Waals surface area contributed by atoms with Crippen LogP contribution in [0, 0.1) is 0 Å². The number of aliphatic imine (C=N–C) groups is 2. The second-order valence-corrected chi connectivity index (χ2v) is 12.0. The first-order valence-corrected chi connectivity index (χ1v) is 17.2. The zero-order valence-corrected chi connectivity index (χ0v) is 29.6. The molecule has 12 nitrogen and oxygen atoms in total. The molecule has 6 N–H and O–H groups in total. The van der Waals surface area contributed by atoms with E-state index in [1.54, 1.807) is 18.7 Å². The van der Waals surface area contributed by atoms with E-state index in [0.717, 1.165) is 35.4 Å². The molecule has 1 fully saturated rings. The quantitative estimate of drug-likeness (QED) is 0.0888. The lowest BCUT2D eigenvalue weighted by Gasteiger charge is -2.23. The van der Waals surface area contributed by atoms with Gasteiger partial charge in [-0.15, -0.1) is 11.8 Å². The minimum absolute atomic E-state index is 0.0190. The van der Waals surface area contributed by atoms with Gasteiger partial charge in [-0.25, -0.2) is 0 Å². The highest BCUT2D eigenvalue weighted by Crippen LogP contribution is 2.26. The van der Waals surface area contributed by atoms with Gasteiger partial charge in [0.25, 0.3) is 0 Å².